The third kappa shape index (κ3) is 1.46. The maximum atomic E-state index is 9.49. The standard InChI is InChI=1S/C13H18O/c1-9(14)10-4-5-12-11(8-10)6-7-13(12,2)3/h4-5,8-9,14H,6-7H2,1-3H3. The van der Waals surface area contributed by atoms with Crippen LogP contribution >= 0.6 is 0 Å². The van der Waals surface area contributed by atoms with Crippen molar-refractivity contribution in [1.29, 1.82) is 0 Å². The summed E-state index contributed by atoms with van der Waals surface area (Å²) < 4.78 is 0. The molecule has 0 fully saturated rings. The van der Waals surface area contributed by atoms with Crippen molar-refractivity contribution in [3.8, 4) is 0 Å². The van der Waals surface area contributed by atoms with Gasteiger partial charge in [-0.15, -0.1) is 0 Å². The van der Waals surface area contributed by atoms with Crippen molar-refractivity contribution < 1.29 is 5.11 Å². The van der Waals surface area contributed by atoms with Gasteiger partial charge in [0, 0.05) is 0 Å². The average molecular weight is 190 g/mol. The van der Waals surface area contributed by atoms with Gasteiger partial charge < -0.3 is 5.11 Å². The lowest BCUT2D eigenvalue weighted by Crippen LogP contribution is -2.11. The van der Waals surface area contributed by atoms with Gasteiger partial charge in [0.2, 0.25) is 0 Å². The first-order valence-electron chi connectivity index (χ1n) is 5.32. The number of fused-ring (bicyclic) bond motifs is 1. The fourth-order valence-corrected chi connectivity index (χ4v) is 2.32. The van der Waals surface area contributed by atoms with Crippen molar-refractivity contribution in [2.75, 3.05) is 0 Å². The molecule has 76 valence electrons. The molecule has 0 aromatic heterocycles. The van der Waals surface area contributed by atoms with Crippen molar-refractivity contribution in [3.63, 3.8) is 0 Å². The summed E-state index contributed by atoms with van der Waals surface area (Å²) in [6.07, 6.45) is 2.04. The maximum absolute atomic E-state index is 9.49. The van der Waals surface area contributed by atoms with Crippen LogP contribution in [0.2, 0.25) is 0 Å². The summed E-state index contributed by atoms with van der Waals surface area (Å²) >= 11 is 0. The molecule has 0 amide bonds. The predicted molar refractivity (Wildman–Crippen MR) is 58.4 cm³/mol. The Balaban J connectivity index is 2.44. The van der Waals surface area contributed by atoms with Crippen LogP contribution in [0.15, 0.2) is 18.2 Å². The monoisotopic (exact) mass is 190 g/mol. The van der Waals surface area contributed by atoms with E-state index in [1.54, 1.807) is 0 Å². The molecule has 1 aliphatic carbocycles. The number of aliphatic hydroxyl groups is 1. The van der Waals surface area contributed by atoms with E-state index in [1.165, 1.54) is 17.5 Å². The highest BCUT2D eigenvalue weighted by Gasteiger charge is 2.29. The van der Waals surface area contributed by atoms with E-state index < -0.39 is 0 Å². The van der Waals surface area contributed by atoms with Crippen LogP contribution in [0.25, 0.3) is 0 Å². The number of rotatable bonds is 1. The summed E-state index contributed by atoms with van der Waals surface area (Å²) in [5.41, 5.74) is 4.25. The second kappa shape index (κ2) is 3.09. The Morgan fingerprint density at radius 1 is 1.36 bits per heavy atom. The van der Waals surface area contributed by atoms with Gasteiger partial charge in [-0.1, -0.05) is 32.0 Å². The minimum absolute atomic E-state index is 0.326. The van der Waals surface area contributed by atoms with Gasteiger partial charge in [0.1, 0.15) is 0 Å². The summed E-state index contributed by atoms with van der Waals surface area (Å²) in [6, 6.07) is 6.40. The van der Waals surface area contributed by atoms with Crippen LogP contribution in [0.1, 0.15) is 50.0 Å². The molecule has 1 aromatic carbocycles. The summed E-state index contributed by atoms with van der Waals surface area (Å²) in [5, 5.41) is 9.49. The van der Waals surface area contributed by atoms with Gasteiger partial charge >= 0.3 is 0 Å². The van der Waals surface area contributed by atoms with Gasteiger partial charge in [-0.3, -0.25) is 0 Å². The number of aryl methyl sites for hydroxylation is 1. The zero-order chi connectivity index (χ0) is 10.3. The lowest BCUT2D eigenvalue weighted by atomic mass is 9.86. The molecule has 0 radical (unpaired) electrons. The van der Waals surface area contributed by atoms with Crippen LogP contribution in [0.5, 0.6) is 0 Å². The molecule has 0 bridgehead atoms. The maximum Gasteiger partial charge on any atom is 0.0762 e. The first-order valence-corrected chi connectivity index (χ1v) is 5.32. The minimum atomic E-state index is -0.344. The lowest BCUT2D eigenvalue weighted by Gasteiger charge is -2.19. The number of hydrogen-bond acceptors (Lipinski definition) is 1. The number of hydrogen-bond donors (Lipinski definition) is 1. The average Bonchev–Trinajstić information content (AvgIpc) is 2.42. The largest absolute Gasteiger partial charge is 0.389 e. The molecule has 0 saturated heterocycles. The zero-order valence-corrected chi connectivity index (χ0v) is 9.17. The molecule has 1 aliphatic rings. The van der Waals surface area contributed by atoms with Gasteiger partial charge in [0.15, 0.2) is 0 Å². The van der Waals surface area contributed by atoms with Crippen molar-refractivity contribution in [3.05, 3.63) is 34.9 Å². The Morgan fingerprint density at radius 2 is 2.07 bits per heavy atom. The van der Waals surface area contributed by atoms with Crippen molar-refractivity contribution in [2.45, 2.75) is 45.1 Å². The van der Waals surface area contributed by atoms with E-state index in [0.717, 1.165) is 12.0 Å². The summed E-state index contributed by atoms with van der Waals surface area (Å²) in [7, 11) is 0. The third-order valence-electron chi connectivity index (χ3n) is 3.36. The third-order valence-corrected chi connectivity index (χ3v) is 3.36. The topological polar surface area (TPSA) is 20.2 Å². The number of aliphatic hydroxyl groups excluding tert-OH is 1. The molecule has 0 aliphatic heterocycles. The molecular formula is C13H18O. The normalized spacial score (nSPS) is 20.6. The Kier molecular flexibility index (Phi) is 2.15. The highest BCUT2D eigenvalue weighted by Crippen LogP contribution is 2.38. The molecule has 2 rings (SSSR count). The van der Waals surface area contributed by atoms with E-state index in [-0.39, 0.29) is 6.10 Å². The van der Waals surface area contributed by atoms with Gasteiger partial charge in [0.25, 0.3) is 0 Å². The smallest absolute Gasteiger partial charge is 0.0762 e. The van der Waals surface area contributed by atoms with Gasteiger partial charge in [0.05, 0.1) is 6.10 Å². The second-order valence-corrected chi connectivity index (χ2v) is 4.98. The Labute approximate surface area is 85.8 Å². The molecule has 0 spiro atoms. The van der Waals surface area contributed by atoms with E-state index >= 15 is 0 Å². The van der Waals surface area contributed by atoms with Crippen LogP contribution in [0.4, 0.5) is 0 Å². The van der Waals surface area contributed by atoms with E-state index in [4.69, 9.17) is 0 Å². The Bertz CT molecular complexity index is 350. The first-order chi connectivity index (χ1) is 6.50. The van der Waals surface area contributed by atoms with E-state index in [1.807, 2.05) is 6.92 Å². The lowest BCUT2D eigenvalue weighted by molar-refractivity contribution is 0.199. The van der Waals surface area contributed by atoms with Gasteiger partial charge in [-0.05, 0) is 41.9 Å². The minimum Gasteiger partial charge on any atom is -0.389 e. The molecule has 0 heterocycles. The van der Waals surface area contributed by atoms with Gasteiger partial charge in [-0.25, -0.2) is 0 Å². The highest BCUT2D eigenvalue weighted by atomic mass is 16.3. The van der Waals surface area contributed by atoms with E-state index in [0.29, 0.717) is 5.41 Å². The van der Waals surface area contributed by atoms with E-state index in [2.05, 4.69) is 32.0 Å². The fraction of sp³-hybridized carbons (Fsp3) is 0.538. The first kappa shape index (κ1) is 9.72. The summed E-state index contributed by atoms with van der Waals surface area (Å²) in [4.78, 5) is 0. The van der Waals surface area contributed by atoms with Crippen LogP contribution in [0, 0.1) is 0 Å². The fourth-order valence-electron chi connectivity index (χ4n) is 2.32. The Morgan fingerprint density at radius 3 is 2.71 bits per heavy atom. The highest BCUT2D eigenvalue weighted by molar-refractivity contribution is 5.41. The molecule has 1 heteroatoms. The molecule has 14 heavy (non-hydrogen) atoms. The molecule has 1 unspecified atom stereocenters. The zero-order valence-electron chi connectivity index (χ0n) is 9.17. The van der Waals surface area contributed by atoms with Crippen LogP contribution in [-0.2, 0) is 11.8 Å². The summed E-state index contributed by atoms with van der Waals surface area (Å²) in [6.45, 7) is 6.41. The van der Waals surface area contributed by atoms with Crippen LogP contribution in [-0.4, -0.2) is 5.11 Å². The van der Waals surface area contributed by atoms with Crippen LogP contribution < -0.4 is 0 Å². The molecule has 1 aromatic rings. The summed E-state index contributed by atoms with van der Waals surface area (Å²) in [5.74, 6) is 0. The van der Waals surface area contributed by atoms with Crippen molar-refractivity contribution in [2.24, 2.45) is 0 Å². The van der Waals surface area contributed by atoms with Crippen LogP contribution in [0.3, 0.4) is 0 Å². The molecule has 0 saturated carbocycles. The number of benzene rings is 1. The molecular weight excluding hydrogens is 172 g/mol. The molecule has 1 N–H and O–H groups in total. The van der Waals surface area contributed by atoms with E-state index in [9.17, 15) is 5.11 Å². The Hall–Kier alpha value is -0.820. The van der Waals surface area contributed by atoms with Crippen molar-refractivity contribution >= 4 is 0 Å². The quantitative estimate of drug-likeness (QED) is 0.722. The molecule has 1 atom stereocenters. The molecule has 1 nitrogen and oxygen atoms in total. The SMILES string of the molecule is CC(O)c1ccc2c(c1)CCC2(C)C. The van der Waals surface area contributed by atoms with Crippen molar-refractivity contribution in [1.82, 2.24) is 0 Å². The van der Waals surface area contributed by atoms with Gasteiger partial charge in [-0.2, -0.15) is 0 Å². The second-order valence-electron chi connectivity index (χ2n) is 4.98. The predicted octanol–water partition coefficient (Wildman–Crippen LogP) is 2.96.